The molecule has 2 heterocycles. The number of aliphatic hydroxyl groups excluding tert-OH is 1. The van der Waals surface area contributed by atoms with E-state index in [1.54, 1.807) is 12.1 Å². The predicted molar refractivity (Wildman–Crippen MR) is 75.2 cm³/mol. The van der Waals surface area contributed by atoms with Crippen LogP contribution < -0.4 is 5.73 Å². The first kappa shape index (κ1) is 13.4. The Bertz CT molecular complexity index is 532. The van der Waals surface area contributed by atoms with Crippen molar-refractivity contribution in [3.63, 3.8) is 0 Å². The Labute approximate surface area is 118 Å². The summed E-state index contributed by atoms with van der Waals surface area (Å²) in [5.41, 5.74) is 7.07. The third-order valence-corrected chi connectivity index (χ3v) is 4.62. The molecule has 1 saturated carbocycles. The number of phenolic OH excluding ortho intramolecular Hbond substituents is 1. The van der Waals surface area contributed by atoms with Crippen LogP contribution >= 0.6 is 0 Å². The Kier molecular flexibility index (Phi) is 3.40. The summed E-state index contributed by atoms with van der Waals surface area (Å²) in [7, 11) is 0. The maximum absolute atomic E-state index is 12.2. The summed E-state index contributed by atoms with van der Waals surface area (Å²) >= 11 is 0. The molecule has 108 valence electrons. The van der Waals surface area contributed by atoms with E-state index in [1.165, 1.54) is 0 Å². The summed E-state index contributed by atoms with van der Waals surface area (Å²) in [6, 6.07) is 5.35. The maximum atomic E-state index is 12.2. The van der Waals surface area contributed by atoms with Crippen LogP contribution in [-0.2, 0) is 4.79 Å². The quantitative estimate of drug-likeness (QED) is 0.567. The number of aliphatic hydroxyl groups is 1. The number of benzene rings is 1. The fourth-order valence-corrected chi connectivity index (χ4v) is 3.71. The molecule has 5 nitrogen and oxygen atoms in total. The highest BCUT2D eigenvalue weighted by Gasteiger charge is 2.46. The molecule has 1 aromatic rings. The molecule has 0 aromatic heterocycles. The molecule has 3 unspecified atom stereocenters. The van der Waals surface area contributed by atoms with Gasteiger partial charge in [-0.1, -0.05) is 6.07 Å². The number of nitrogens with zero attached hydrogens (tertiary/aromatic N) is 1. The van der Waals surface area contributed by atoms with Gasteiger partial charge in [0.1, 0.15) is 11.5 Å². The van der Waals surface area contributed by atoms with Gasteiger partial charge in [0.15, 0.2) is 0 Å². The van der Waals surface area contributed by atoms with Gasteiger partial charge in [0, 0.05) is 31.0 Å². The second-order valence-corrected chi connectivity index (χ2v) is 5.73. The highest BCUT2D eigenvalue weighted by Crippen LogP contribution is 2.46. The smallest absolute Gasteiger partial charge is 0.139 e. The first-order valence-electron chi connectivity index (χ1n) is 7.09. The molecule has 2 bridgehead atoms. The van der Waals surface area contributed by atoms with Gasteiger partial charge in [0.2, 0.25) is 0 Å². The van der Waals surface area contributed by atoms with Gasteiger partial charge >= 0.3 is 0 Å². The van der Waals surface area contributed by atoms with Gasteiger partial charge in [-0.05, 0) is 30.5 Å². The SMILES string of the molecule is Nc1cc(C2C3CCC(CC3=O)N2CCO)ccc1O. The van der Waals surface area contributed by atoms with Crippen LogP contribution in [0.1, 0.15) is 30.9 Å². The van der Waals surface area contributed by atoms with Crippen LogP contribution in [0.2, 0.25) is 0 Å². The Morgan fingerprint density at radius 3 is 2.80 bits per heavy atom. The minimum absolute atomic E-state index is 0.0181. The second-order valence-electron chi connectivity index (χ2n) is 5.73. The largest absolute Gasteiger partial charge is 0.506 e. The van der Waals surface area contributed by atoms with Gasteiger partial charge < -0.3 is 15.9 Å². The molecule has 0 spiro atoms. The van der Waals surface area contributed by atoms with Gasteiger partial charge in [-0.25, -0.2) is 0 Å². The average Bonchev–Trinajstić information content (AvgIpc) is 2.43. The zero-order chi connectivity index (χ0) is 14.3. The van der Waals surface area contributed by atoms with E-state index in [0.717, 1.165) is 18.4 Å². The number of aromatic hydroxyl groups is 1. The third-order valence-electron chi connectivity index (χ3n) is 4.62. The Hall–Kier alpha value is -1.59. The first-order valence-corrected chi connectivity index (χ1v) is 7.09. The lowest BCUT2D eigenvalue weighted by atomic mass is 9.71. The van der Waals surface area contributed by atoms with Gasteiger partial charge in [-0.3, -0.25) is 9.69 Å². The molecule has 2 aliphatic heterocycles. The second kappa shape index (κ2) is 5.07. The number of hydrogen-bond acceptors (Lipinski definition) is 5. The topological polar surface area (TPSA) is 86.8 Å². The maximum Gasteiger partial charge on any atom is 0.139 e. The van der Waals surface area contributed by atoms with E-state index in [9.17, 15) is 15.0 Å². The number of nitrogen functional groups attached to an aromatic ring is 1. The molecule has 3 fully saturated rings. The minimum atomic E-state index is -0.0231. The van der Waals surface area contributed by atoms with Crippen molar-refractivity contribution in [2.75, 3.05) is 18.9 Å². The van der Waals surface area contributed by atoms with Crippen molar-refractivity contribution < 1.29 is 15.0 Å². The van der Waals surface area contributed by atoms with Crippen molar-refractivity contribution in [1.29, 1.82) is 0 Å². The number of ketones is 1. The number of piperidine rings is 2. The van der Waals surface area contributed by atoms with Crippen LogP contribution in [0.3, 0.4) is 0 Å². The van der Waals surface area contributed by atoms with Crippen molar-refractivity contribution in [2.24, 2.45) is 5.92 Å². The molecule has 0 radical (unpaired) electrons. The fourth-order valence-electron chi connectivity index (χ4n) is 3.71. The summed E-state index contributed by atoms with van der Waals surface area (Å²) in [5, 5.41) is 18.8. The van der Waals surface area contributed by atoms with E-state index in [-0.39, 0.29) is 30.4 Å². The van der Waals surface area contributed by atoms with Gasteiger partial charge in [0.05, 0.1) is 12.3 Å². The molecular weight excluding hydrogens is 256 g/mol. The highest BCUT2D eigenvalue weighted by molar-refractivity contribution is 5.84. The number of fused-ring (bicyclic) bond motifs is 3. The zero-order valence-electron chi connectivity index (χ0n) is 11.3. The van der Waals surface area contributed by atoms with Crippen LogP contribution in [0.5, 0.6) is 5.75 Å². The van der Waals surface area contributed by atoms with Gasteiger partial charge in [-0.2, -0.15) is 0 Å². The Morgan fingerprint density at radius 2 is 2.15 bits per heavy atom. The van der Waals surface area contributed by atoms with E-state index in [2.05, 4.69) is 4.90 Å². The van der Waals surface area contributed by atoms with Crippen LogP contribution in [0, 0.1) is 5.92 Å². The molecule has 20 heavy (non-hydrogen) atoms. The normalized spacial score (nSPS) is 29.9. The molecule has 3 aliphatic rings. The fraction of sp³-hybridized carbons (Fsp3) is 0.533. The number of carbonyl (C=O) groups is 1. The molecule has 4 rings (SSSR count). The highest BCUT2D eigenvalue weighted by atomic mass is 16.3. The van der Waals surface area contributed by atoms with E-state index in [4.69, 9.17) is 5.73 Å². The molecule has 4 N–H and O–H groups in total. The van der Waals surface area contributed by atoms with Crippen molar-refractivity contribution >= 4 is 11.5 Å². The van der Waals surface area contributed by atoms with Gasteiger partial charge in [-0.15, -0.1) is 0 Å². The molecule has 1 aliphatic carbocycles. The van der Waals surface area contributed by atoms with Crippen LogP contribution in [0.15, 0.2) is 18.2 Å². The molecule has 2 saturated heterocycles. The molecule has 0 amide bonds. The monoisotopic (exact) mass is 276 g/mol. The summed E-state index contributed by atoms with van der Waals surface area (Å²) in [6.07, 6.45) is 2.51. The Morgan fingerprint density at radius 1 is 1.35 bits per heavy atom. The average molecular weight is 276 g/mol. The molecule has 1 aromatic carbocycles. The molecule has 3 atom stereocenters. The van der Waals surface area contributed by atoms with Gasteiger partial charge in [0.25, 0.3) is 0 Å². The zero-order valence-corrected chi connectivity index (χ0v) is 11.3. The molecular formula is C15H20N2O3. The van der Waals surface area contributed by atoms with E-state index >= 15 is 0 Å². The van der Waals surface area contributed by atoms with Crippen LogP contribution in [0.4, 0.5) is 5.69 Å². The lowest BCUT2D eigenvalue weighted by molar-refractivity contribution is -0.138. The van der Waals surface area contributed by atoms with E-state index in [0.29, 0.717) is 24.4 Å². The standard InChI is InChI=1S/C15H20N2O3/c16-12-7-9(1-4-13(12)19)15-11-3-2-10(8-14(11)20)17(15)5-6-18/h1,4,7,10-11,15,18-19H,2-3,5-6,8,16H2. The predicted octanol–water partition coefficient (Wildman–Crippen LogP) is 1.06. The van der Waals surface area contributed by atoms with Crippen LogP contribution in [0.25, 0.3) is 0 Å². The lowest BCUT2D eigenvalue weighted by Crippen LogP contribution is -2.54. The van der Waals surface area contributed by atoms with Crippen LogP contribution in [-0.4, -0.2) is 40.1 Å². The van der Waals surface area contributed by atoms with Crippen molar-refractivity contribution in [3.05, 3.63) is 23.8 Å². The van der Waals surface area contributed by atoms with E-state index < -0.39 is 0 Å². The number of Topliss-reactive ketones (excluding diaryl/α,β-unsaturated/α-hetero) is 1. The number of rotatable bonds is 3. The summed E-state index contributed by atoms with van der Waals surface area (Å²) in [4.78, 5) is 14.4. The summed E-state index contributed by atoms with van der Waals surface area (Å²) in [6.45, 7) is 0.654. The number of phenols is 1. The Balaban J connectivity index is 1.98. The number of hydrogen-bond donors (Lipinski definition) is 3. The van der Waals surface area contributed by atoms with Crippen molar-refractivity contribution in [2.45, 2.75) is 31.3 Å². The number of carbonyl (C=O) groups excluding carboxylic acids is 1. The third kappa shape index (κ3) is 2.07. The molecule has 5 heteroatoms. The summed E-state index contributed by atoms with van der Waals surface area (Å²) < 4.78 is 0. The lowest BCUT2D eigenvalue weighted by Gasteiger charge is -2.50. The van der Waals surface area contributed by atoms with E-state index in [1.807, 2.05) is 6.07 Å². The van der Waals surface area contributed by atoms with Crippen molar-refractivity contribution in [1.82, 2.24) is 4.90 Å². The minimum Gasteiger partial charge on any atom is -0.506 e. The number of anilines is 1. The first-order chi connectivity index (χ1) is 9.61. The summed E-state index contributed by atoms with van der Waals surface area (Å²) in [5.74, 6) is 0.359. The number of nitrogens with two attached hydrogens (primary N) is 1. The van der Waals surface area contributed by atoms with Crippen molar-refractivity contribution in [3.8, 4) is 5.75 Å².